The number of hydrogen-bond acceptors (Lipinski definition) is 2. The summed E-state index contributed by atoms with van der Waals surface area (Å²) in [6, 6.07) is 6.51. The van der Waals surface area contributed by atoms with Crippen LogP contribution in [0.5, 0.6) is 0 Å². The van der Waals surface area contributed by atoms with Gasteiger partial charge in [0.05, 0.1) is 6.61 Å². The maximum Gasteiger partial charge on any atom is 0.0584 e. The van der Waals surface area contributed by atoms with E-state index in [0.717, 1.165) is 17.4 Å². The van der Waals surface area contributed by atoms with Gasteiger partial charge in [0.1, 0.15) is 0 Å². The molecule has 0 aliphatic carbocycles. The maximum absolute atomic E-state index is 9.04. The molecule has 0 aromatic heterocycles. The molecule has 84 valence electrons. The average Bonchev–Trinajstić information content (AvgIpc) is 2.22. The van der Waals surface area contributed by atoms with Crippen LogP contribution in [0.3, 0.4) is 0 Å². The molecule has 0 bridgehead atoms. The van der Waals surface area contributed by atoms with Gasteiger partial charge in [0, 0.05) is 17.1 Å². The van der Waals surface area contributed by atoms with Crippen molar-refractivity contribution >= 4 is 15.9 Å². The van der Waals surface area contributed by atoms with E-state index in [0.29, 0.717) is 0 Å². The normalized spacial score (nSPS) is 12.8. The quantitative estimate of drug-likeness (QED) is 0.863. The Balaban J connectivity index is 2.57. The third kappa shape index (κ3) is 3.93. The van der Waals surface area contributed by atoms with Gasteiger partial charge in [-0.15, -0.1) is 0 Å². The van der Waals surface area contributed by atoms with Crippen LogP contribution in [-0.4, -0.2) is 17.8 Å². The highest BCUT2D eigenvalue weighted by Crippen LogP contribution is 2.18. The van der Waals surface area contributed by atoms with Crippen molar-refractivity contribution in [3.63, 3.8) is 0 Å². The predicted molar refractivity (Wildman–Crippen MR) is 66.9 cm³/mol. The van der Waals surface area contributed by atoms with E-state index in [9.17, 15) is 0 Å². The molecule has 2 nitrogen and oxygen atoms in total. The first-order valence-electron chi connectivity index (χ1n) is 5.26. The third-order valence-electron chi connectivity index (χ3n) is 2.50. The molecule has 0 aliphatic rings. The first-order valence-corrected chi connectivity index (χ1v) is 6.06. The Bertz CT molecular complexity index is 310. The zero-order valence-corrected chi connectivity index (χ0v) is 10.8. The SMILES string of the molecule is CCC(CO)NCc1ccc(C)cc1Br. The molecular weight excluding hydrogens is 254 g/mol. The van der Waals surface area contributed by atoms with Gasteiger partial charge in [-0.25, -0.2) is 0 Å². The summed E-state index contributed by atoms with van der Waals surface area (Å²) in [6.45, 7) is 5.13. The van der Waals surface area contributed by atoms with Gasteiger partial charge in [-0.3, -0.25) is 0 Å². The van der Waals surface area contributed by atoms with Crippen molar-refractivity contribution in [2.45, 2.75) is 32.9 Å². The van der Waals surface area contributed by atoms with Crippen molar-refractivity contribution in [2.75, 3.05) is 6.61 Å². The average molecular weight is 272 g/mol. The van der Waals surface area contributed by atoms with Gasteiger partial charge in [-0.05, 0) is 30.5 Å². The highest BCUT2D eigenvalue weighted by Gasteiger charge is 2.05. The molecule has 0 spiro atoms. The van der Waals surface area contributed by atoms with E-state index < -0.39 is 0 Å². The maximum atomic E-state index is 9.04. The first kappa shape index (κ1) is 12.7. The Morgan fingerprint density at radius 2 is 2.20 bits per heavy atom. The van der Waals surface area contributed by atoms with E-state index in [1.807, 2.05) is 0 Å². The van der Waals surface area contributed by atoms with E-state index in [1.165, 1.54) is 11.1 Å². The fourth-order valence-electron chi connectivity index (χ4n) is 1.39. The number of hydrogen-bond donors (Lipinski definition) is 2. The van der Waals surface area contributed by atoms with E-state index in [2.05, 4.69) is 53.3 Å². The summed E-state index contributed by atoms with van der Waals surface area (Å²) < 4.78 is 1.13. The Hall–Kier alpha value is -0.380. The molecule has 0 amide bonds. The van der Waals surface area contributed by atoms with E-state index >= 15 is 0 Å². The van der Waals surface area contributed by atoms with Gasteiger partial charge in [0.15, 0.2) is 0 Å². The number of halogens is 1. The smallest absolute Gasteiger partial charge is 0.0584 e. The van der Waals surface area contributed by atoms with Gasteiger partial charge in [-0.1, -0.05) is 35.0 Å². The monoisotopic (exact) mass is 271 g/mol. The van der Waals surface area contributed by atoms with Gasteiger partial charge < -0.3 is 10.4 Å². The molecule has 0 radical (unpaired) electrons. The van der Waals surface area contributed by atoms with Crippen LogP contribution >= 0.6 is 15.9 Å². The van der Waals surface area contributed by atoms with Crippen molar-refractivity contribution in [1.29, 1.82) is 0 Å². The molecule has 1 unspecified atom stereocenters. The van der Waals surface area contributed by atoms with E-state index in [1.54, 1.807) is 0 Å². The van der Waals surface area contributed by atoms with Crippen LogP contribution < -0.4 is 5.32 Å². The molecule has 0 saturated carbocycles. The van der Waals surface area contributed by atoms with Crippen LogP contribution in [0, 0.1) is 6.92 Å². The minimum absolute atomic E-state index is 0.193. The fraction of sp³-hybridized carbons (Fsp3) is 0.500. The van der Waals surface area contributed by atoms with Crippen LogP contribution in [0.25, 0.3) is 0 Å². The lowest BCUT2D eigenvalue weighted by atomic mass is 10.1. The molecule has 0 heterocycles. The predicted octanol–water partition coefficient (Wildman–Crippen LogP) is 2.62. The molecule has 15 heavy (non-hydrogen) atoms. The van der Waals surface area contributed by atoms with Gasteiger partial charge in [0.2, 0.25) is 0 Å². The number of rotatable bonds is 5. The fourth-order valence-corrected chi connectivity index (χ4v) is 2.02. The van der Waals surface area contributed by atoms with Crippen LogP contribution in [0.2, 0.25) is 0 Å². The van der Waals surface area contributed by atoms with Gasteiger partial charge in [-0.2, -0.15) is 0 Å². The molecule has 1 rings (SSSR count). The summed E-state index contributed by atoms with van der Waals surface area (Å²) in [6.07, 6.45) is 0.944. The van der Waals surface area contributed by atoms with Gasteiger partial charge in [0.25, 0.3) is 0 Å². The second-order valence-corrected chi connectivity index (χ2v) is 4.62. The minimum Gasteiger partial charge on any atom is -0.395 e. The Morgan fingerprint density at radius 3 is 2.73 bits per heavy atom. The number of benzene rings is 1. The largest absolute Gasteiger partial charge is 0.395 e. The van der Waals surface area contributed by atoms with E-state index in [4.69, 9.17) is 5.11 Å². The van der Waals surface area contributed by atoms with Crippen LogP contribution in [0.15, 0.2) is 22.7 Å². The molecule has 0 aliphatic heterocycles. The number of nitrogens with one attached hydrogen (secondary N) is 1. The van der Waals surface area contributed by atoms with Crippen molar-refractivity contribution in [2.24, 2.45) is 0 Å². The van der Waals surface area contributed by atoms with Crippen molar-refractivity contribution in [1.82, 2.24) is 5.32 Å². The summed E-state index contributed by atoms with van der Waals surface area (Å²) in [5.74, 6) is 0. The lowest BCUT2D eigenvalue weighted by molar-refractivity contribution is 0.238. The summed E-state index contributed by atoms with van der Waals surface area (Å²) in [5.41, 5.74) is 2.48. The molecule has 1 atom stereocenters. The summed E-state index contributed by atoms with van der Waals surface area (Å²) >= 11 is 3.54. The molecule has 0 saturated heterocycles. The van der Waals surface area contributed by atoms with E-state index in [-0.39, 0.29) is 12.6 Å². The van der Waals surface area contributed by atoms with Crippen LogP contribution in [-0.2, 0) is 6.54 Å². The van der Waals surface area contributed by atoms with Crippen LogP contribution in [0.1, 0.15) is 24.5 Å². The molecule has 1 aromatic rings. The number of aliphatic hydroxyl groups is 1. The molecule has 2 N–H and O–H groups in total. The standard InChI is InChI=1S/C12H18BrNO/c1-3-11(8-15)14-7-10-5-4-9(2)6-12(10)13/h4-6,11,14-15H,3,7-8H2,1-2H3. The highest BCUT2D eigenvalue weighted by molar-refractivity contribution is 9.10. The summed E-state index contributed by atoms with van der Waals surface area (Å²) in [4.78, 5) is 0. The van der Waals surface area contributed by atoms with Crippen LogP contribution in [0.4, 0.5) is 0 Å². The Morgan fingerprint density at radius 1 is 1.47 bits per heavy atom. The molecular formula is C12H18BrNO. The molecule has 0 fully saturated rings. The topological polar surface area (TPSA) is 32.3 Å². The zero-order valence-electron chi connectivity index (χ0n) is 9.26. The molecule has 3 heteroatoms. The second kappa shape index (κ2) is 6.26. The first-order chi connectivity index (χ1) is 7.17. The third-order valence-corrected chi connectivity index (χ3v) is 3.24. The van der Waals surface area contributed by atoms with Gasteiger partial charge >= 0.3 is 0 Å². The van der Waals surface area contributed by atoms with Crippen molar-refractivity contribution in [3.05, 3.63) is 33.8 Å². The lowest BCUT2D eigenvalue weighted by Gasteiger charge is -2.14. The number of aliphatic hydroxyl groups excluding tert-OH is 1. The second-order valence-electron chi connectivity index (χ2n) is 3.76. The Kier molecular flexibility index (Phi) is 5.29. The summed E-state index contributed by atoms with van der Waals surface area (Å²) in [7, 11) is 0. The highest BCUT2D eigenvalue weighted by atomic mass is 79.9. The minimum atomic E-state index is 0.193. The van der Waals surface area contributed by atoms with Crippen molar-refractivity contribution < 1.29 is 5.11 Å². The lowest BCUT2D eigenvalue weighted by Crippen LogP contribution is -2.31. The number of aryl methyl sites for hydroxylation is 1. The summed E-state index contributed by atoms with van der Waals surface area (Å²) in [5, 5.41) is 12.4. The molecule has 1 aromatic carbocycles. The Labute approximate surface area is 99.8 Å². The zero-order chi connectivity index (χ0) is 11.3. The van der Waals surface area contributed by atoms with Crippen molar-refractivity contribution in [3.8, 4) is 0 Å².